The topological polar surface area (TPSA) is 35.5 Å². The fourth-order valence-electron chi connectivity index (χ4n) is 2.39. The number of unbranched alkanes of at least 4 members (excludes halogenated alkanes) is 3. The maximum absolute atomic E-state index is 11.9. The summed E-state index contributed by atoms with van der Waals surface area (Å²) < 4.78 is 11.2. The van der Waals surface area contributed by atoms with Crippen molar-refractivity contribution < 1.29 is 14.3 Å². The van der Waals surface area contributed by atoms with Crippen molar-refractivity contribution in [3.63, 3.8) is 0 Å². The molecule has 24 heavy (non-hydrogen) atoms. The molecule has 1 aromatic rings. The zero-order chi connectivity index (χ0) is 17.8. The van der Waals surface area contributed by atoms with Crippen LogP contribution < -0.4 is 9.47 Å². The fraction of sp³-hybridized carbons (Fsp3) is 0.476. The highest BCUT2D eigenvalue weighted by molar-refractivity contribution is 6.02. The number of benzene rings is 1. The van der Waals surface area contributed by atoms with Gasteiger partial charge >= 0.3 is 0 Å². The van der Waals surface area contributed by atoms with Crippen LogP contribution in [0.25, 0.3) is 6.08 Å². The number of hydrogen-bond donors (Lipinski definition) is 0. The second-order valence-corrected chi connectivity index (χ2v) is 5.85. The van der Waals surface area contributed by atoms with Gasteiger partial charge in [-0.3, -0.25) is 4.79 Å². The number of hydrogen-bond acceptors (Lipinski definition) is 3. The van der Waals surface area contributed by atoms with Gasteiger partial charge in [-0.15, -0.1) is 0 Å². The van der Waals surface area contributed by atoms with Crippen LogP contribution in [0.3, 0.4) is 0 Å². The molecule has 0 heterocycles. The van der Waals surface area contributed by atoms with E-state index >= 15 is 0 Å². The first kappa shape index (κ1) is 20.0. The standard InChI is InChI=1S/C21H30O3/c1-5-7-8-9-10-11-19(22)13-12-18-15-17(3)21(23-4)20(16-18)24-14-6-2/h10-13,15-16H,5-9,14H2,1-4H3/b11-10-,13-12+. The minimum absolute atomic E-state index is 0.0102. The first-order chi connectivity index (χ1) is 11.6. The van der Waals surface area contributed by atoms with Gasteiger partial charge in [0, 0.05) is 0 Å². The van der Waals surface area contributed by atoms with Crippen LogP contribution in [0.2, 0.25) is 0 Å². The Morgan fingerprint density at radius 2 is 1.92 bits per heavy atom. The van der Waals surface area contributed by atoms with E-state index in [4.69, 9.17) is 9.47 Å². The molecule has 0 atom stereocenters. The summed E-state index contributed by atoms with van der Waals surface area (Å²) in [5.41, 5.74) is 1.93. The lowest BCUT2D eigenvalue weighted by Gasteiger charge is -2.13. The molecule has 0 aliphatic heterocycles. The number of ether oxygens (including phenoxy) is 2. The molecule has 0 bridgehead atoms. The van der Waals surface area contributed by atoms with Gasteiger partial charge in [0.15, 0.2) is 17.3 Å². The van der Waals surface area contributed by atoms with Gasteiger partial charge in [-0.1, -0.05) is 38.8 Å². The largest absolute Gasteiger partial charge is 0.493 e. The lowest BCUT2D eigenvalue weighted by atomic mass is 10.1. The third-order valence-electron chi connectivity index (χ3n) is 3.63. The molecule has 0 unspecified atom stereocenters. The molecule has 132 valence electrons. The minimum atomic E-state index is 0.0102. The van der Waals surface area contributed by atoms with E-state index < -0.39 is 0 Å². The van der Waals surface area contributed by atoms with Crippen molar-refractivity contribution in [2.24, 2.45) is 0 Å². The smallest absolute Gasteiger partial charge is 0.178 e. The first-order valence-corrected chi connectivity index (χ1v) is 8.82. The maximum Gasteiger partial charge on any atom is 0.178 e. The normalized spacial score (nSPS) is 11.3. The van der Waals surface area contributed by atoms with E-state index in [1.54, 1.807) is 19.3 Å². The molecule has 0 spiro atoms. The molecule has 0 aliphatic rings. The van der Waals surface area contributed by atoms with E-state index in [0.29, 0.717) is 6.61 Å². The van der Waals surface area contributed by atoms with E-state index in [2.05, 4.69) is 13.8 Å². The highest BCUT2D eigenvalue weighted by Crippen LogP contribution is 2.32. The Kier molecular flexibility index (Phi) is 9.59. The van der Waals surface area contributed by atoms with Crippen molar-refractivity contribution in [3.8, 4) is 11.5 Å². The Balaban J connectivity index is 2.75. The Hall–Kier alpha value is -2.03. The first-order valence-electron chi connectivity index (χ1n) is 8.82. The van der Waals surface area contributed by atoms with Crippen molar-refractivity contribution in [1.29, 1.82) is 0 Å². The predicted octanol–water partition coefficient (Wildman–Crippen LogP) is 5.51. The van der Waals surface area contributed by atoms with Gasteiger partial charge in [-0.05, 0) is 61.6 Å². The van der Waals surface area contributed by atoms with Crippen LogP contribution >= 0.6 is 0 Å². The van der Waals surface area contributed by atoms with Crippen LogP contribution in [-0.4, -0.2) is 19.5 Å². The molecule has 0 fully saturated rings. The average molecular weight is 330 g/mol. The SMILES string of the molecule is CCCCC/C=C\C(=O)/C=C/c1cc(C)c(OC)c(OCCC)c1. The summed E-state index contributed by atoms with van der Waals surface area (Å²) in [4.78, 5) is 11.9. The van der Waals surface area contributed by atoms with Gasteiger partial charge in [0.25, 0.3) is 0 Å². The van der Waals surface area contributed by atoms with Gasteiger partial charge in [0.1, 0.15) is 0 Å². The number of methoxy groups -OCH3 is 1. The lowest BCUT2D eigenvalue weighted by molar-refractivity contribution is -0.110. The van der Waals surface area contributed by atoms with Crippen LogP contribution in [0.5, 0.6) is 11.5 Å². The minimum Gasteiger partial charge on any atom is -0.493 e. The Morgan fingerprint density at radius 3 is 2.58 bits per heavy atom. The van der Waals surface area contributed by atoms with Gasteiger partial charge in [-0.2, -0.15) is 0 Å². The van der Waals surface area contributed by atoms with Gasteiger partial charge in [-0.25, -0.2) is 0 Å². The molecule has 0 saturated heterocycles. The van der Waals surface area contributed by atoms with Crippen molar-refractivity contribution in [1.82, 2.24) is 0 Å². The molecule has 0 aliphatic carbocycles. The summed E-state index contributed by atoms with van der Waals surface area (Å²) in [5.74, 6) is 1.49. The second kappa shape index (κ2) is 11.5. The van der Waals surface area contributed by atoms with E-state index in [0.717, 1.165) is 41.9 Å². The van der Waals surface area contributed by atoms with E-state index in [9.17, 15) is 4.79 Å². The molecule has 1 rings (SSSR count). The van der Waals surface area contributed by atoms with E-state index in [-0.39, 0.29) is 5.78 Å². The van der Waals surface area contributed by atoms with Crippen molar-refractivity contribution in [2.45, 2.75) is 52.9 Å². The number of aryl methyl sites for hydroxylation is 1. The maximum atomic E-state index is 11.9. The van der Waals surface area contributed by atoms with Crippen molar-refractivity contribution in [2.75, 3.05) is 13.7 Å². The van der Waals surface area contributed by atoms with Crippen LogP contribution in [0.1, 0.15) is 57.1 Å². The summed E-state index contributed by atoms with van der Waals surface area (Å²) in [6.07, 6.45) is 12.5. The average Bonchev–Trinajstić information content (AvgIpc) is 2.57. The van der Waals surface area contributed by atoms with Crippen molar-refractivity contribution >= 4 is 11.9 Å². The number of ketones is 1. The van der Waals surface area contributed by atoms with Gasteiger partial charge in [0.2, 0.25) is 0 Å². The van der Waals surface area contributed by atoms with Crippen molar-refractivity contribution in [3.05, 3.63) is 41.5 Å². The van der Waals surface area contributed by atoms with Crippen LogP contribution in [0, 0.1) is 6.92 Å². The van der Waals surface area contributed by atoms with Crippen LogP contribution in [-0.2, 0) is 4.79 Å². The number of carbonyl (C=O) groups is 1. The molecule has 0 radical (unpaired) electrons. The van der Waals surface area contributed by atoms with Gasteiger partial charge in [0.05, 0.1) is 13.7 Å². The third kappa shape index (κ3) is 7.03. The predicted molar refractivity (Wildman–Crippen MR) is 101 cm³/mol. The molecule has 3 nitrogen and oxygen atoms in total. The van der Waals surface area contributed by atoms with E-state index in [1.165, 1.54) is 12.8 Å². The summed E-state index contributed by atoms with van der Waals surface area (Å²) in [5, 5.41) is 0. The lowest BCUT2D eigenvalue weighted by Crippen LogP contribution is -1.99. The summed E-state index contributed by atoms with van der Waals surface area (Å²) >= 11 is 0. The Bertz CT molecular complexity index is 571. The molecular weight excluding hydrogens is 300 g/mol. The number of carbonyl (C=O) groups excluding carboxylic acids is 1. The monoisotopic (exact) mass is 330 g/mol. The zero-order valence-electron chi connectivity index (χ0n) is 15.4. The number of allylic oxidation sites excluding steroid dienone is 3. The number of rotatable bonds is 11. The molecule has 0 amide bonds. The highest BCUT2D eigenvalue weighted by Gasteiger charge is 2.09. The van der Waals surface area contributed by atoms with Crippen LogP contribution in [0.15, 0.2) is 30.4 Å². The third-order valence-corrected chi connectivity index (χ3v) is 3.63. The second-order valence-electron chi connectivity index (χ2n) is 5.85. The fourth-order valence-corrected chi connectivity index (χ4v) is 2.39. The molecule has 0 aromatic heterocycles. The summed E-state index contributed by atoms with van der Waals surface area (Å²) in [6, 6.07) is 3.91. The summed E-state index contributed by atoms with van der Waals surface area (Å²) in [6.45, 7) is 6.86. The molecule has 0 saturated carbocycles. The molecular formula is C21H30O3. The zero-order valence-corrected chi connectivity index (χ0v) is 15.4. The Morgan fingerprint density at radius 1 is 1.12 bits per heavy atom. The molecule has 1 aromatic carbocycles. The molecule has 0 N–H and O–H groups in total. The van der Waals surface area contributed by atoms with E-state index in [1.807, 2.05) is 31.2 Å². The van der Waals surface area contributed by atoms with Crippen LogP contribution in [0.4, 0.5) is 0 Å². The Labute approximate surface area is 146 Å². The quantitative estimate of drug-likeness (QED) is 0.396. The highest BCUT2D eigenvalue weighted by atomic mass is 16.5. The van der Waals surface area contributed by atoms with Gasteiger partial charge < -0.3 is 9.47 Å². The molecule has 3 heteroatoms. The summed E-state index contributed by atoms with van der Waals surface area (Å²) in [7, 11) is 1.64.